The molecule has 1 atom stereocenters. The summed E-state index contributed by atoms with van der Waals surface area (Å²) < 4.78 is 15.0. The van der Waals surface area contributed by atoms with Crippen LogP contribution in [0.3, 0.4) is 0 Å². The van der Waals surface area contributed by atoms with E-state index in [-0.39, 0.29) is 5.97 Å². The molecule has 0 saturated carbocycles. The molecule has 4 nitrogen and oxygen atoms in total. The van der Waals surface area contributed by atoms with Crippen LogP contribution in [0.1, 0.15) is 22.2 Å². The second-order valence-corrected chi connectivity index (χ2v) is 2.93. The second kappa shape index (κ2) is 3.31. The Bertz CT molecular complexity index is 372. The van der Waals surface area contributed by atoms with E-state index < -0.39 is 6.29 Å². The van der Waals surface area contributed by atoms with Gasteiger partial charge in [-0.3, -0.25) is 0 Å². The van der Waals surface area contributed by atoms with Crippen molar-refractivity contribution >= 4 is 5.97 Å². The first-order chi connectivity index (χ1) is 6.76. The van der Waals surface area contributed by atoms with Crippen LogP contribution < -0.4 is 4.74 Å². The lowest BCUT2D eigenvalue weighted by molar-refractivity contribution is -0.0815. The molecule has 0 N–H and O–H groups in total. The highest BCUT2D eigenvalue weighted by molar-refractivity contribution is 5.94. The van der Waals surface area contributed by atoms with Crippen molar-refractivity contribution in [2.75, 3.05) is 14.2 Å². The standard InChI is InChI=1S/C10H10O4/c1-12-6-3-4-7-8(5-6)9(11)14-10(7)13-2/h3-5,10H,1-2H3. The van der Waals surface area contributed by atoms with Crippen molar-refractivity contribution in [3.8, 4) is 5.75 Å². The maximum Gasteiger partial charge on any atom is 0.341 e. The van der Waals surface area contributed by atoms with E-state index in [1.165, 1.54) is 7.11 Å². The monoisotopic (exact) mass is 194 g/mol. The molecule has 1 unspecified atom stereocenters. The number of fused-ring (bicyclic) bond motifs is 1. The van der Waals surface area contributed by atoms with Crippen LogP contribution in [0.15, 0.2) is 18.2 Å². The van der Waals surface area contributed by atoms with E-state index in [1.54, 1.807) is 25.3 Å². The van der Waals surface area contributed by atoms with Gasteiger partial charge in [-0.1, -0.05) is 0 Å². The van der Waals surface area contributed by atoms with Gasteiger partial charge in [-0.05, 0) is 18.2 Å². The number of carbonyl (C=O) groups excluding carboxylic acids is 1. The van der Waals surface area contributed by atoms with Gasteiger partial charge < -0.3 is 14.2 Å². The van der Waals surface area contributed by atoms with E-state index in [0.717, 1.165) is 5.56 Å². The van der Waals surface area contributed by atoms with Gasteiger partial charge >= 0.3 is 5.97 Å². The van der Waals surface area contributed by atoms with Crippen molar-refractivity contribution in [1.29, 1.82) is 0 Å². The zero-order valence-electron chi connectivity index (χ0n) is 7.94. The number of cyclic esters (lactones) is 1. The molecule has 14 heavy (non-hydrogen) atoms. The van der Waals surface area contributed by atoms with Gasteiger partial charge in [0, 0.05) is 12.7 Å². The third-order valence-corrected chi connectivity index (χ3v) is 2.16. The van der Waals surface area contributed by atoms with Crippen LogP contribution in [0, 0.1) is 0 Å². The highest BCUT2D eigenvalue weighted by atomic mass is 16.7. The number of hydrogen-bond acceptors (Lipinski definition) is 4. The van der Waals surface area contributed by atoms with E-state index in [4.69, 9.17) is 14.2 Å². The average molecular weight is 194 g/mol. The lowest BCUT2D eigenvalue weighted by atomic mass is 10.1. The zero-order valence-corrected chi connectivity index (χ0v) is 7.94. The van der Waals surface area contributed by atoms with Gasteiger partial charge in [-0.25, -0.2) is 4.79 Å². The molecule has 0 amide bonds. The Hall–Kier alpha value is -1.55. The largest absolute Gasteiger partial charge is 0.497 e. The summed E-state index contributed by atoms with van der Waals surface area (Å²) in [4.78, 5) is 11.3. The maximum absolute atomic E-state index is 11.3. The van der Waals surface area contributed by atoms with E-state index in [0.29, 0.717) is 11.3 Å². The first kappa shape index (κ1) is 9.02. The zero-order chi connectivity index (χ0) is 10.1. The molecule has 0 spiro atoms. The molecule has 1 aromatic carbocycles. The Morgan fingerprint density at radius 1 is 1.36 bits per heavy atom. The number of ether oxygens (including phenoxy) is 3. The predicted octanol–water partition coefficient (Wildman–Crippen LogP) is 1.51. The fourth-order valence-electron chi connectivity index (χ4n) is 1.44. The van der Waals surface area contributed by atoms with Crippen LogP contribution in [0.4, 0.5) is 0 Å². The Morgan fingerprint density at radius 2 is 2.14 bits per heavy atom. The van der Waals surface area contributed by atoms with Crippen LogP contribution >= 0.6 is 0 Å². The summed E-state index contributed by atoms with van der Waals surface area (Å²) in [5.41, 5.74) is 1.26. The first-order valence-electron chi connectivity index (χ1n) is 4.18. The van der Waals surface area contributed by atoms with Crippen LogP contribution in [-0.4, -0.2) is 20.2 Å². The number of carbonyl (C=O) groups is 1. The van der Waals surface area contributed by atoms with Gasteiger partial charge in [0.1, 0.15) is 5.75 Å². The molecule has 0 aromatic heterocycles. The summed E-state index contributed by atoms with van der Waals surface area (Å²) in [6.45, 7) is 0. The summed E-state index contributed by atoms with van der Waals surface area (Å²) in [5, 5.41) is 0. The molecule has 2 rings (SSSR count). The minimum atomic E-state index is -0.580. The number of methoxy groups -OCH3 is 2. The normalized spacial score (nSPS) is 19.0. The van der Waals surface area contributed by atoms with Crippen molar-refractivity contribution in [1.82, 2.24) is 0 Å². The van der Waals surface area contributed by atoms with E-state index in [2.05, 4.69) is 0 Å². The molecule has 4 heteroatoms. The smallest absolute Gasteiger partial charge is 0.341 e. The number of hydrogen-bond donors (Lipinski definition) is 0. The molecule has 0 saturated heterocycles. The summed E-state index contributed by atoms with van der Waals surface area (Å²) in [6, 6.07) is 5.19. The minimum Gasteiger partial charge on any atom is -0.497 e. The minimum absolute atomic E-state index is 0.370. The van der Waals surface area contributed by atoms with Gasteiger partial charge in [-0.15, -0.1) is 0 Å². The molecule has 1 aromatic rings. The molecule has 1 aliphatic heterocycles. The topological polar surface area (TPSA) is 44.8 Å². The first-order valence-corrected chi connectivity index (χ1v) is 4.18. The molecule has 0 bridgehead atoms. The van der Waals surface area contributed by atoms with Crippen molar-refractivity contribution in [3.05, 3.63) is 29.3 Å². The number of esters is 1. The Kier molecular flexibility index (Phi) is 2.13. The SMILES string of the molecule is COc1ccc2c(c1)C(=O)OC2OC. The van der Waals surface area contributed by atoms with E-state index in [1.807, 2.05) is 0 Å². The maximum atomic E-state index is 11.3. The van der Waals surface area contributed by atoms with Crippen molar-refractivity contribution < 1.29 is 19.0 Å². The van der Waals surface area contributed by atoms with Crippen molar-refractivity contribution in [2.24, 2.45) is 0 Å². The van der Waals surface area contributed by atoms with Gasteiger partial charge in [0.15, 0.2) is 0 Å². The second-order valence-electron chi connectivity index (χ2n) is 2.93. The molecule has 74 valence electrons. The fraction of sp³-hybridized carbons (Fsp3) is 0.300. The molecule has 1 aliphatic rings. The lowest BCUT2D eigenvalue weighted by Crippen LogP contribution is -1.99. The van der Waals surface area contributed by atoms with E-state index in [9.17, 15) is 4.79 Å². The highest BCUT2D eigenvalue weighted by Gasteiger charge is 2.31. The van der Waals surface area contributed by atoms with Gasteiger partial charge in [0.2, 0.25) is 6.29 Å². The van der Waals surface area contributed by atoms with Gasteiger partial charge in [0.25, 0.3) is 0 Å². The Morgan fingerprint density at radius 3 is 2.79 bits per heavy atom. The van der Waals surface area contributed by atoms with Crippen molar-refractivity contribution in [3.63, 3.8) is 0 Å². The van der Waals surface area contributed by atoms with Crippen LogP contribution in [0.5, 0.6) is 5.75 Å². The van der Waals surface area contributed by atoms with Gasteiger partial charge in [-0.2, -0.15) is 0 Å². The average Bonchev–Trinajstić information content (AvgIpc) is 2.55. The summed E-state index contributed by atoms with van der Waals surface area (Å²) in [7, 11) is 3.05. The summed E-state index contributed by atoms with van der Waals surface area (Å²) >= 11 is 0. The van der Waals surface area contributed by atoms with E-state index >= 15 is 0 Å². The van der Waals surface area contributed by atoms with Crippen LogP contribution in [-0.2, 0) is 9.47 Å². The molecular weight excluding hydrogens is 184 g/mol. The molecule has 1 heterocycles. The summed E-state index contributed by atoms with van der Waals surface area (Å²) in [6.07, 6.45) is -0.580. The lowest BCUT2D eigenvalue weighted by Gasteiger charge is -2.07. The van der Waals surface area contributed by atoms with Crippen molar-refractivity contribution in [2.45, 2.75) is 6.29 Å². The van der Waals surface area contributed by atoms with Crippen LogP contribution in [0.2, 0.25) is 0 Å². The summed E-state index contributed by atoms with van der Waals surface area (Å²) in [5.74, 6) is 0.267. The van der Waals surface area contributed by atoms with Gasteiger partial charge in [0.05, 0.1) is 12.7 Å². The number of benzene rings is 1. The third kappa shape index (κ3) is 1.24. The van der Waals surface area contributed by atoms with Crippen LogP contribution in [0.25, 0.3) is 0 Å². The molecular formula is C10H10O4. The molecule has 0 radical (unpaired) electrons. The Balaban J connectivity index is 2.46. The third-order valence-electron chi connectivity index (χ3n) is 2.16. The molecule has 0 aliphatic carbocycles. The quantitative estimate of drug-likeness (QED) is 0.669. The number of rotatable bonds is 2. The molecule has 0 fully saturated rings. The fourth-order valence-corrected chi connectivity index (χ4v) is 1.44. The Labute approximate surface area is 81.4 Å². The highest BCUT2D eigenvalue weighted by Crippen LogP contribution is 2.33. The predicted molar refractivity (Wildman–Crippen MR) is 48.2 cm³/mol.